The molecule has 1 aromatic heterocycles. The molecule has 1 saturated carbocycles. The van der Waals surface area contributed by atoms with Gasteiger partial charge < -0.3 is 9.84 Å². The largest absolute Gasteiger partial charge is 0.479 e. The SMILES string of the molecule is O=C(O)C1(OCCCc2ccncc2)CCCC1. The Morgan fingerprint density at radius 2 is 2.00 bits per heavy atom. The van der Waals surface area contributed by atoms with Crippen molar-refractivity contribution in [2.24, 2.45) is 0 Å². The lowest BCUT2D eigenvalue weighted by Gasteiger charge is -2.24. The van der Waals surface area contributed by atoms with Crippen LogP contribution in [0.15, 0.2) is 24.5 Å². The molecule has 0 aromatic carbocycles. The van der Waals surface area contributed by atoms with Crippen molar-refractivity contribution in [3.05, 3.63) is 30.1 Å². The Balaban J connectivity index is 1.76. The quantitative estimate of drug-likeness (QED) is 0.787. The van der Waals surface area contributed by atoms with Gasteiger partial charge in [-0.15, -0.1) is 0 Å². The lowest BCUT2D eigenvalue weighted by Crippen LogP contribution is -2.39. The number of carboxylic acid groups (broad SMARTS) is 1. The van der Waals surface area contributed by atoms with Gasteiger partial charge in [-0.25, -0.2) is 4.79 Å². The summed E-state index contributed by atoms with van der Waals surface area (Å²) in [5, 5.41) is 9.25. The summed E-state index contributed by atoms with van der Waals surface area (Å²) in [5.41, 5.74) is 0.308. The highest BCUT2D eigenvalue weighted by atomic mass is 16.5. The van der Waals surface area contributed by atoms with Crippen LogP contribution in [0.2, 0.25) is 0 Å². The second-order valence-corrected chi connectivity index (χ2v) is 4.81. The van der Waals surface area contributed by atoms with Crippen molar-refractivity contribution >= 4 is 5.97 Å². The van der Waals surface area contributed by atoms with Gasteiger partial charge in [-0.2, -0.15) is 0 Å². The number of carbonyl (C=O) groups is 1. The van der Waals surface area contributed by atoms with Crippen LogP contribution < -0.4 is 0 Å². The van der Waals surface area contributed by atoms with Gasteiger partial charge in [0.25, 0.3) is 0 Å². The maximum atomic E-state index is 11.3. The summed E-state index contributed by atoms with van der Waals surface area (Å²) in [4.78, 5) is 15.2. The Labute approximate surface area is 107 Å². The van der Waals surface area contributed by atoms with Crippen LogP contribution in [0, 0.1) is 0 Å². The summed E-state index contributed by atoms with van der Waals surface area (Å²) >= 11 is 0. The number of nitrogens with zero attached hydrogens (tertiary/aromatic N) is 1. The average Bonchev–Trinajstić information content (AvgIpc) is 2.86. The molecule has 0 radical (unpaired) electrons. The van der Waals surface area contributed by atoms with E-state index in [2.05, 4.69) is 4.98 Å². The second-order valence-electron chi connectivity index (χ2n) is 4.81. The molecule has 1 aliphatic rings. The van der Waals surface area contributed by atoms with Gasteiger partial charge in [0.1, 0.15) is 0 Å². The molecule has 1 heterocycles. The summed E-state index contributed by atoms with van der Waals surface area (Å²) in [7, 11) is 0. The van der Waals surface area contributed by atoms with E-state index in [9.17, 15) is 9.90 Å². The third-order valence-corrected chi connectivity index (χ3v) is 3.54. The normalized spacial score (nSPS) is 17.8. The van der Waals surface area contributed by atoms with Gasteiger partial charge in [0, 0.05) is 19.0 Å². The highest BCUT2D eigenvalue weighted by molar-refractivity contribution is 5.77. The Morgan fingerprint density at radius 1 is 1.33 bits per heavy atom. The highest BCUT2D eigenvalue weighted by Gasteiger charge is 2.42. The molecule has 0 saturated heterocycles. The summed E-state index contributed by atoms with van der Waals surface area (Å²) in [6.07, 6.45) is 8.50. The van der Waals surface area contributed by atoms with Crippen molar-refractivity contribution < 1.29 is 14.6 Å². The minimum atomic E-state index is -0.905. The lowest BCUT2D eigenvalue weighted by atomic mass is 10.0. The van der Waals surface area contributed by atoms with Crippen molar-refractivity contribution in [2.45, 2.75) is 44.1 Å². The molecule has 0 unspecified atom stereocenters. The van der Waals surface area contributed by atoms with Crippen LogP contribution in [0.3, 0.4) is 0 Å². The molecule has 0 amide bonds. The first-order valence-electron chi connectivity index (χ1n) is 6.49. The van der Waals surface area contributed by atoms with Crippen LogP contribution in [0.1, 0.15) is 37.7 Å². The maximum Gasteiger partial charge on any atom is 0.335 e. The Morgan fingerprint density at radius 3 is 2.61 bits per heavy atom. The predicted molar refractivity (Wildman–Crippen MR) is 67.3 cm³/mol. The molecule has 1 aliphatic carbocycles. The zero-order valence-electron chi connectivity index (χ0n) is 10.5. The zero-order chi connectivity index (χ0) is 12.8. The van der Waals surface area contributed by atoms with Crippen molar-refractivity contribution in [2.75, 3.05) is 6.61 Å². The van der Waals surface area contributed by atoms with Crippen molar-refractivity contribution in [1.29, 1.82) is 0 Å². The number of carboxylic acids is 1. The first-order valence-corrected chi connectivity index (χ1v) is 6.49. The standard InChI is InChI=1S/C14H19NO3/c16-13(17)14(7-1-2-8-14)18-11-3-4-12-5-9-15-10-6-12/h5-6,9-10H,1-4,7-8,11H2,(H,16,17). The summed E-state index contributed by atoms with van der Waals surface area (Å²) in [6, 6.07) is 3.95. The fourth-order valence-corrected chi connectivity index (χ4v) is 2.46. The number of aromatic nitrogens is 1. The molecule has 0 atom stereocenters. The number of hydrogen-bond acceptors (Lipinski definition) is 3. The Hall–Kier alpha value is -1.42. The van der Waals surface area contributed by atoms with Crippen LogP contribution in [-0.2, 0) is 16.0 Å². The molecule has 0 spiro atoms. The minimum Gasteiger partial charge on any atom is -0.479 e. The van der Waals surface area contributed by atoms with Crippen molar-refractivity contribution in [3.63, 3.8) is 0 Å². The van der Waals surface area contributed by atoms with E-state index in [4.69, 9.17) is 4.74 Å². The van der Waals surface area contributed by atoms with Crippen molar-refractivity contribution in [3.8, 4) is 0 Å². The molecule has 4 nitrogen and oxygen atoms in total. The van der Waals surface area contributed by atoms with Gasteiger partial charge >= 0.3 is 5.97 Å². The summed E-state index contributed by atoms with van der Waals surface area (Å²) in [5.74, 6) is -0.802. The molecule has 1 aromatic rings. The molecule has 18 heavy (non-hydrogen) atoms. The molecule has 4 heteroatoms. The van der Waals surface area contributed by atoms with E-state index in [1.165, 1.54) is 5.56 Å². The van der Waals surface area contributed by atoms with Crippen LogP contribution in [0.25, 0.3) is 0 Å². The highest BCUT2D eigenvalue weighted by Crippen LogP contribution is 2.33. The first-order chi connectivity index (χ1) is 8.73. The Kier molecular flexibility index (Phi) is 4.31. The van der Waals surface area contributed by atoms with Gasteiger partial charge in [0.2, 0.25) is 0 Å². The summed E-state index contributed by atoms with van der Waals surface area (Å²) < 4.78 is 5.66. The van der Waals surface area contributed by atoms with Crippen LogP contribution in [0.4, 0.5) is 0 Å². The summed E-state index contributed by atoms with van der Waals surface area (Å²) in [6.45, 7) is 0.509. The molecular formula is C14H19NO3. The van der Waals surface area contributed by atoms with E-state index < -0.39 is 11.6 Å². The minimum absolute atomic E-state index is 0.509. The number of ether oxygens (including phenoxy) is 1. The number of hydrogen-bond donors (Lipinski definition) is 1. The smallest absolute Gasteiger partial charge is 0.335 e. The first kappa shape index (κ1) is 13.0. The third-order valence-electron chi connectivity index (χ3n) is 3.54. The maximum absolute atomic E-state index is 11.3. The molecule has 98 valence electrons. The second kappa shape index (κ2) is 5.96. The number of aryl methyl sites for hydroxylation is 1. The topological polar surface area (TPSA) is 59.4 Å². The van der Waals surface area contributed by atoms with Gasteiger partial charge in [-0.05, 0) is 56.2 Å². The lowest BCUT2D eigenvalue weighted by molar-refractivity contribution is -0.165. The van der Waals surface area contributed by atoms with Crippen molar-refractivity contribution in [1.82, 2.24) is 4.98 Å². The molecule has 1 N–H and O–H groups in total. The van der Waals surface area contributed by atoms with E-state index >= 15 is 0 Å². The van der Waals surface area contributed by atoms with Gasteiger partial charge in [0.15, 0.2) is 5.60 Å². The van der Waals surface area contributed by atoms with Crippen LogP contribution in [0.5, 0.6) is 0 Å². The van der Waals surface area contributed by atoms with Crippen LogP contribution in [-0.4, -0.2) is 28.3 Å². The van der Waals surface area contributed by atoms with Crippen LogP contribution >= 0.6 is 0 Å². The fraction of sp³-hybridized carbons (Fsp3) is 0.571. The Bertz CT molecular complexity index is 385. The van der Waals surface area contributed by atoms with E-state index in [1.807, 2.05) is 12.1 Å². The van der Waals surface area contributed by atoms with E-state index in [1.54, 1.807) is 12.4 Å². The van der Waals surface area contributed by atoms with Gasteiger partial charge in [-0.3, -0.25) is 4.98 Å². The predicted octanol–water partition coefficient (Wildman–Crippen LogP) is 2.43. The number of aliphatic carboxylic acids is 1. The van der Waals surface area contributed by atoms with E-state index in [0.29, 0.717) is 19.4 Å². The molecule has 0 aliphatic heterocycles. The number of rotatable bonds is 6. The molecule has 1 fully saturated rings. The zero-order valence-corrected chi connectivity index (χ0v) is 10.5. The fourth-order valence-electron chi connectivity index (χ4n) is 2.46. The monoisotopic (exact) mass is 249 g/mol. The third kappa shape index (κ3) is 3.07. The van der Waals surface area contributed by atoms with E-state index in [0.717, 1.165) is 25.7 Å². The number of pyridine rings is 1. The molecule has 2 rings (SSSR count). The average molecular weight is 249 g/mol. The van der Waals surface area contributed by atoms with Gasteiger partial charge in [0.05, 0.1) is 0 Å². The van der Waals surface area contributed by atoms with Gasteiger partial charge in [-0.1, -0.05) is 0 Å². The van der Waals surface area contributed by atoms with E-state index in [-0.39, 0.29) is 0 Å². The molecule has 0 bridgehead atoms. The molecular weight excluding hydrogens is 230 g/mol.